The van der Waals surface area contributed by atoms with Gasteiger partial charge in [0.25, 0.3) is 0 Å². The average molecular weight is 613 g/mol. The van der Waals surface area contributed by atoms with Gasteiger partial charge in [-0.15, -0.1) is 0 Å². The fourth-order valence-corrected chi connectivity index (χ4v) is 6.55. The number of pyridine rings is 2. The first-order valence-corrected chi connectivity index (χ1v) is 16.0. The van der Waals surface area contributed by atoms with Crippen molar-refractivity contribution in [3.63, 3.8) is 0 Å². The molecule has 6 aromatic carbocycles. The van der Waals surface area contributed by atoms with Gasteiger partial charge < -0.3 is 0 Å². The smallest absolute Gasteiger partial charge is 0.0803 e. The zero-order valence-electron chi connectivity index (χ0n) is 26.0. The first-order valence-electron chi connectivity index (χ1n) is 16.0. The van der Waals surface area contributed by atoms with Crippen LogP contribution in [-0.4, -0.2) is 21.4 Å². The van der Waals surface area contributed by atoms with Crippen molar-refractivity contribution in [3.8, 4) is 22.3 Å². The van der Waals surface area contributed by atoms with Gasteiger partial charge >= 0.3 is 0 Å². The summed E-state index contributed by atoms with van der Waals surface area (Å²) in [6.45, 7) is 0. The summed E-state index contributed by atoms with van der Waals surface area (Å²) in [6.07, 6.45) is 7.31. The van der Waals surface area contributed by atoms with Crippen LogP contribution in [0.3, 0.4) is 0 Å². The molecule has 224 valence electrons. The third kappa shape index (κ3) is 5.06. The van der Waals surface area contributed by atoms with Crippen molar-refractivity contribution in [3.05, 3.63) is 193 Å². The van der Waals surface area contributed by atoms with E-state index in [2.05, 4.69) is 131 Å². The monoisotopic (exact) mass is 612 g/mol. The van der Waals surface area contributed by atoms with Crippen LogP contribution in [-0.2, 0) is 0 Å². The number of fused-ring (bicyclic) bond motifs is 4. The highest BCUT2D eigenvalue weighted by atomic mass is 14.8. The van der Waals surface area contributed by atoms with E-state index in [1.165, 1.54) is 0 Å². The zero-order valence-corrected chi connectivity index (χ0v) is 26.0. The highest BCUT2D eigenvalue weighted by Crippen LogP contribution is 2.38. The predicted molar refractivity (Wildman–Crippen MR) is 198 cm³/mol. The molecule has 4 nitrogen and oxygen atoms in total. The summed E-state index contributed by atoms with van der Waals surface area (Å²) in [7, 11) is 0. The highest BCUT2D eigenvalue weighted by Gasteiger charge is 2.22. The van der Waals surface area contributed by atoms with Crippen LogP contribution in [0.1, 0.15) is 22.3 Å². The van der Waals surface area contributed by atoms with E-state index in [1.54, 1.807) is 0 Å². The van der Waals surface area contributed by atoms with Crippen molar-refractivity contribution >= 4 is 44.3 Å². The molecule has 0 saturated heterocycles. The van der Waals surface area contributed by atoms with Crippen LogP contribution < -0.4 is 0 Å². The Labute approximate surface area is 278 Å². The maximum atomic E-state index is 5.53. The molecule has 1 aliphatic rings. The van der Waals surface area contributed by atoms with Crippen LogP contribution in [0.5, 0.6) is 0 Å². The van der Waals surface area contributed by atoms with Crippen LogP contribution in [0.2, 0.25) is 0 Å². The Morgan fingerprint density at radius 3 is 0.979 bits per heavy atom. The molecule has 0 saturated carbocycles. The van der Waals surface area contributed by atoms with E-state index >= 15 is 0 Å². The van der Waals surface area contributed by atoms with E-state index in [4.69, 9.17) is 9.98 Å². The molecular weight excluding hydrogens is 585 g/mol. The molecule has 3 heterocycles. The number of hydrogen-bond acceptors (Lipinski definition) is 4. The fraction of sp³-hybridized carbons (Fsp3) is 0. The Bertz CT molecular complexity index is 2340. The van der Waals surface area contributed by atoms with E-state index in [9.17, 15) is 0 Å². The van der Waals surface area contributed by atoms with Gasteiger partial charge in [-0.2, -0.15) is 0 Å². The average Bonchev–Trinajstić information content (AvgIpc) is 3.16. The summed E-state index contributed by atoms with van der Waals surface area (Å²) in [5, 5.41) is 4.57. The second-order valence-corrected chi connectivity index (χ2v) is 12.0. The Morgan fingerprint density at radius 2 is 0.604 bits per heavy atom. The van der Waals surface area contributed by atoms with Gasteiger partial charge in [0, 0.05) is 47.0 Å². The molecule has 0 unspecified atom stereocenters. The summed E-state index contributed by atoms with van der Waals surface area (Å²) >= 11 is 0. The maximum absolute atomic E-state index is 5.53. The van der Waals surface area contributed by atoms with Crippen molar-refractivity contribution in [2.24, 2.45) is 9.98 Å². The van der Waals surface area contributed by atoms with Crippen molar-refractivity contribution in [2.75, 3.05) is 0 Å². The second-order valence-electron chi connectivity index (χ2n) is 12.0. The molecule has 0 fully saturated rings. The van der Waals surface area contributed by atoms with Gasteiger partial charge in [-0.05, 0) is 92.3 Å². The molecule has 0 spiro atoms. The van der Waals surface area contributed by atoms with Gasteiger partial charge in [-0.3, -0.25) is 9.97 Å². The van der Waals surface area contributed by atoms with E-state index in [0.717, 1.165) is 88.9 Å². The molecule has 0 amide bonds. The molecule has 0 aliphatic carbocycles. The lowest BCUT2D eigenvalue weighted by atomic mass is 9.92. The van der Waals surface area contributed by atoms with E-state index in [1.807, 2.05) is 49.1 Å². The summed E-state index contributed by atoms with van der Waals surface area (Å²) < 4.78 is 0. The summed E-state index contributed by atoms with van der Waals surface area (Å²) in [6, 6.07) is 51.2. The molecular formula is C44H28N4. The third-order valence-electron chi connectivity index (χ3n) is 9.05. The lowest BCUT2D eigenvalue weighted by Gasteiger charge is -2.20. The number of aromatic nitrogens is 2. The lowest BCUT2D eigenvalue weighted by molar-refractivity contribution is 1.33. The molecule has 1 aliphatic heterocycles. The molecule has 0 radical (unpaired) electrons. The van der Waals surface area contributed by atoms with Gasteiger partial charge in [0.2, 0.25) is 0 Å². The molecule has 0 bridgehead atoms. The largest absolute Gasteiger partial charge is 0.265 e. The number of aliphatic imine (C=N–C) groups is 2. The first kappa shape index (κ1) is 27.8. The minimum absolute atomic E-state index is 0.887. The van der Waals surface area contributed by atoms with Gasteiger partial charge in [0.05, 0.1) is 22.8 Å². The molecule has 2 aromatic heterocycles. The SMILES string of the molecule is c1ccc2cc3c(cc2c1)N=C(c1ccc(-c2ccncc2)cc1)c1cc2ccccc2cc1N=C3c1ccc(-c2ccncc2)cc1. The number of benzene rings is 6. The van der Waals surface area contributed by atoms with Crippen LogP contribution in [0.15, 0.2) is 180 Å². The van der Waals surface area contributed by atoms with Gasteiger partial charge in [0.15, 0.2) is 0 Å². The lowest BCUT2D eigenvalue weighted by Crippen LogP contribution is -2.10. The molecule has 9 rings (SSSR count). The van der Waals surface area contributed by atoms with Gasteiger partial charge in [-0.1, -0.05) is 97.1 Å². The number of hydrogen-bond donors (Lipinski definition) is 0. The summed E-state index contributed by atoms with van der Waals surface area (Å²) in [5.41, 5.74) is 12.1. The van der Waals surface area contributed by atoms with Gasteiger partial charge in [-0.25, -0.2) is 9.98 Å². The normalized spacial score (nSPS) is 12.4. The van der Waals surface area contributed by atoms with Crippen LogP contribution >= 0.6 is 0 Å². The Hall–Kier alpha value is -6.52. The predicted octanol–water partition coefficient (Wildman–Crippen LogP) is 10.8. The van der Waals surface area contributed by atoms with E-state index < -0.39 is 0 Å². The molecule has 0 atom stereocenters. The number of nitrogens with zero attached hydrogens (tertiary/aromatic N) is 4. The summed E-state index contributed by atoms with van der Waals surface area (Å²) in [5.74, 6) is 0. The quantitative estimate of drug-likeness (QED) is 0.199. The topological polar surface area (TPSA) is 50.5 Å². The van der Waals surface area contributed by atoms with Crippen molar-refractivity contribution in [1.82, 2.24) is 9.97 Å². The van der Waals surface area contributed by atoms with Crippen LogP contribution in [0.4, 0.5) is 11.4 Å². The molecule has 0 N–H and O–H groups in total. The summed E-state index contributed by atoms with van der Waals surface area (Å²) in [4.78, 5) is 19.4. The highest BCUT2D eigenvalue weighted by molar-refractivity contribution is 6.24. The van der Waals surface area contributed by atoms with Crippen molar-refractivity contribution in [1.29, 1.82) is 0 Å². The third-order valence-corrected chi connectivity index (χ3v) is 9.05. The Kier molecular flexibility index (Phi) is 6.76. The minimum atomic E-state index is 0.887. The van der Waals surface area contributed by atoms with Gasteiger partial charge in [0.1, 0.15) is 0 Å². The molecule has 48 heavy (non-hydrogen) atoms. The standard InChI is InChI=1S/C44H28N4/c1-3-7-37-27-41-39(25-35(37)5-1)43(33-13-9-29(10-14-33)31-17-21-45-22-18-31)48-42-28-38-8-4-2-6-36(38)26-40(42)44(47-41)34-15-11-30(12-16-34)32-19-23-46-24-20-32/h1-28H. The zero-order chi connectivity index (χ0) is 31.9. The van der Waals surface area contributed by atoms with Crippen LogP contribution in [0, 0.1) is 0 Å². The van der Waals surface area contributed by atoms with Crippen LogP contribution in [0.25, 0.3) is 43.8 Å². The van der Waals surface area contributed by atoms with Crippen molar-refractivity contribution in [2.45, 2.75) is 0 Å². The molecule has 4 heteroatoms. The Balaban J connectivity index is 1.29. The second kappa shape index (κ2) is 11.7. The number of rotatable bonds is 4. The fourth-order valence-electron chi connectivity index (χ4n) is 6.55. The Morgan fingerprint density at radius 1 is 0.292 bits per heavy atom. The maximum Gasteiger partial charge on any atom is 0.0803 e. The first-order chi connectivity index (χ1) is 23.8. The molecule has 8 aromatic rings. The van der Waals surface area contributed by atoms with Crippen molar-refractivity contribution < 1.29 is 0 Å². The van der Waals surface area contributed by atoms with E-state index in [0.29, 0.717) is 0 Å². The van der Waals surface area contributed by atoms with E-state index in [-0.39, 0.29) is 0 Å². The minimum Gasteiger partial charge on any atom is -0.265 e.